The summed E-state index contributed by atoms with van der Waals surface area (Å²) in [6.07, 6.45) is 1.88. The maximum absolute atomic E-state index is 5.26. The monoisotopic (exact) mass is 714 g/mol. The third-order valence-corrected chi connectivity index (χ3v) is 12.7. The van der Waals surface area contributed by atoms with Gasteiger partial charge in [0.25, 0.3) is 0 Å². The van der Waals surface area contributed by atoms with Gasteiger partial charge in [0.05, 0.1) is 16.7 Å². The molecule has 3 aromatic heterocycles. The predicted molar refractivity (Wildman–Crippen MR) is 236 cm³/mol. The third-order valence-electron chi connectivity index (χ3n) is 11.5. The topological polar surface area (TPSA) is 25.8 Å². The quantitative estimate of drug-likeness (QED) is 0.170. The molecule has 0 saturated carbocycles. The summed E-state index contributed by atoms with van der Waals surface area (Å²) in [4.78, 5) is 9.97. The lowest BCUT2D eigenvalue weighted by atomic mass is 9.92. The molecular formula is C52H30N2S. The molecule has 0 spiro atoms. The van der Waals surface area contributed by atoms with E-state index in [-0.39, 0.29) is 0 Å². The van der Waals surface area contributed by atoms with Gasteiger partial charge in [-0.2, -0.15) is 0 Å². The lowest BCUT2D eigenvalue weighted by Gasteiger charge is -2.13. The normalized spacial score (nSPS) is 12.0. The summed E-state index contributed by atoms with van der Waals surface area (Å²) in [7, 11) is 0. The Balaban J connectivity index is 0.932. The Morgan fingerprint density at radius 2 is 1.02 bits per heavy atom. The van der Waals surface area contributed by atoms with Crippen molar-refractivity contribution in [2.24, 2.45) is 0 Å². The first kappa shape index (κ1) is 30.5. The Bertz CT molecular complexity index is 3540. The summed E-state index contributed by atoms with van der Waals surface area (Å²) in [5, 5.41) is 14.9. The zero-order valence-electron chi connectivity index (χ0n) is 29.6. The van der Waals surface area contributed by atoms with Gasteiger partial charge in [0.15, 0.2) is 0 Å². The van der Waals surface area contributed by atoms with Crippen molar-refractivity contribution in [3.8, 4) is 33.5 Å². The molecule has 3 heteroatoms. The Hall–Kier alpha value is -6.94. The molecule has 254 valence electrons. The number of fused-ring (bicyclic) bond motifs is 13. The van der Waals surface area contributed by atoms with Crippen LogP contribution in [0.3, 0.4) is 0 Å². The van der Waals surface area contributed by atoms with Gasteiger partial charge >= 0.3 is 0 Å². The molecule has 3 heterocycles. The molecule has 55 heavy (non-hydrogen) atoms. The minimum atomic E-state index is 1.02. The first-order valence-electron chi connectivity index (χ1n) is 18.7. The van der Waals surface area contributed by atoms with Gasteiger partial charge < -0.3 is 0 Å². The number of aromatic nitrogens is 2. The molecule has 0 radical (unpaired) electrons. The zero-order chi connectivity index (χ0) is 36.0. The predicted octanol–water partition coefficient (Wildman–Crippen LogP) is 14.8. The van der Waals surface area contributed by atoms with Crippen LogP contribution in [0.5, 0.6) is 0 Å². The smallest absolute Gasteiger partial charge is 0.0788 e. The molecule has 0 atom stereocenters. The van der Waals surface area contributed by atoms with E-state index in [9.17, 15) is 0 Å². The summed E-state index contributed by atoms with van der Waals surface area (Å²) in [6, 6.07) is 64.2. The molecule has 0 aliphatic heterocycles. The van der Waals surface area contributed by atoms with Crippen molar-refractivity contribution in [1.29, 1.82) is 0 Å². The molecule has 0 unspecified atom stereocenters. The van der Waals surface area contributed by atoms with E-state index in [4.69, 9.17) is 9.97 Å². The van der Waals surface area contributed by atoms with Crippen LogP contribution in [0.4, 0.5) is 0 Å². The number of thiophene rings is 1. The standard InChI is InChI=1S/C52H30N2S/c1-2-11-42-40(9-1)46(30-37-8-7-27-53-50(37)42)36-22-24-39-35(29-36)20-19-34-28-33(21-23-38(34)39)31-15-17-32(18-16-31)51-45-26-25-43-41-10-4-6-14-48(41)55-52(43)49(45)44-12-3-5-13-47(44)54-51/h1-30H. The van der Waals surface area contributed by atoms with Gasteiger partial charge in [0.2, 0.25) is 0 Å². The van der Waals surface area contributed by atoms with Crippen LogP contribution < -0.4 is 0 Å². The number of benzene rings is 9. The van der Waals surface area contributed by atoms with Gasteiger partial charge in [-0.25, -0.2) is 4.98 Å². The van der Waals surface area contributed by atoms with Gasteiger partial charge in [-0.1, -0.05) is 140 Å². The number of rotatable bonds is 3. The van der Waals surface area contributed by atoms with Crippen molar-refractivity contribution in [2.45, 2.75) is 0 Å². The molecule has 2 nitrogen and oxygen atoms in total. The average molecular weight is 715 g/mol. The molecule has 0 aliphatic rings. The van der Waals surface area contributed by atoms with Gasteiger partial charge in [-0.15, -0.1) is 11.3 Å². The van der Waals surface area contributed by atoms with E-state index in [1.54, 1.807) is 0 Å². The second-order valence-electron chi connectivity index (χ2n) is 14.5. The first-order chi connectivity index (χ1) is 27.2. The fourth-order valence-electron chi connectivity index (χ4n) is 8.83. The van der Waals surface area contributed by atoms with Gasteiger partial charge in [-0.3, -0.25) is 4.98 Å². The number of nitrogens with zero attached hydrogens (tertiary/aromatic N) is 2. The van der Waals surface area contributed by atoms with E-state index in [2.05, 4.69) is 170 Å². The lowest BCUT2D eigenvalue weighted by molar-refractivity contribution is 1.43. The Kier molecular flexibility index (Phi) is 6.54. The van der Waals surface area contributed by atoms with E-state index in [1.165, 1.54) is 90.9 Å². The average Bonchev–Trinajstić information content (AvgIpc) is 3.64. The van der Waals surface area contributed by atoms with Crippen molar-refractivity contribution < 1.29 is 0 Å². The highest BCUT2D eigenvalue weighted by molar-refractivity contribution is 7.26. The highest BCUT2D eigenvalue weighted by Gasteiger charge is 2.17. The molecule has 12 aromatic rings. The number of hydrogen-bond donors (Lipinski definition) is 0. The van der Waals surface area contributed by atoms with E-state index in [1.807, 2.05) is 23.6 Å². The number of hydrogen-bond acceptors (Lipinski definition) is 3. The summed E-state index contributed by atoms with van der Waals surface area (Å²) in [6.45, 7) is 0. The Labute approximate surface area is 320 Å². The van der Waals surface area contributed by atoms with Crippen LogP contribution in [0.2, 0.25) is 0 Å². The second-order valence-corrected chi connectivity index (χ2v) is 15.6. The van der Waals surface area contributed by atoms with Gasteiger partial charge in [0.1, 0.15) is 0 Å². The molecule has 12 rings (SSSR count). The van der Waals surface area contributed by atoms with Crippen LogP contribution in [0, 0.1) is 0 Å². The third kappa shape index (κ3) is 4.67. The SMILES string of the molecule is c1cnc2c(c1)cc(-c1ccc3c(ccc4cc(-c5ccc(-c6nc7ccccc7c7c6ccc6c8ccccc8sc67)cc5)ccc43)c1)c1ccccc12. The van der Waals surface area contributed by atoms with Crippen molar-refractivity contribution in [2.75, 3.05) is 0 Å². The Morgan fingerprint density at radius 3 is 1.85 bits per heavy atom. The molecule has 0 bridgehead atoms. The molecular weight excluding hydrogens is 685 g/mol. The number of pyridine rings is 2. The van der Waals surface area contributed by atoms with Crippen LogP contribution in [0.25, 0.3) is 119 Å². The van der Waals surface area contributed by atoms with Crippen LogP contribution >= 0.6 is 11.3 Å². The molecule has 0 amide bonds. The number of para-hydroxylation sites is 1. The first-order valence-corrected chi connectivity index (χ1v) is 19.5. The summed E-state index contributed by atoms with van der Waals surface area (Å²) >= 11 is 1.88. The molecule has 9 aromatic carbocycles. The second kappa shape index (κ2) is 11.8. The summed E-state index contributed by atoms with van der Waals surface area (Å²) < 4.78 is 2.65. The van der Waals surface area contributed by atoms with E-state index in [0.717, 1.165) is 27.7 Å². The van der Waals surface area contributed by atoms with E-state index >= 15 is 0 Å². The Morgan fingerprint density at radius 1 is 0.382 bits per heavy atom. The maximum atomic E-state index is 5.26. The van der Waals surface area contributed by atoms with Crippen LogP contribution in [-0.2, 0) is 0 Å². The van der Waals surface area contributed by atoms with Crippen molar-refractivity contribution >= 4 is 96.4 Å². The highest BCUT2D eigenvalue weighted by atomic mass is 32.1. The molecule has 0 fully saturated rings. The molecule has 0 N–H and O–H groups in total. The van der Waals surface area contributed by atoms with Crippen LogP contribution in [0.15, 0.2) is 182 Å². The van der Waals surface area contributed by atoms with Crippen molar-refractivity contribution in [3.05, 3.63) is 182 Å². The minimum Gasteiger partial charge on any atom is -0.256 e. The van der Waals surface area contributed by atoms with Crippen molar-refractivity contribution in [1.82, 2.24) is 9.97 Å². The maximum Gasteiger partial charge on any atom is 0.0788 e. The fraction of sp³-hybridized carbons (Fsp3) is 0. The highest BCUT2D eigenvalue weighted by Crippen LogP contribution is 2.44. The van der Waals surface area contributed by atoms with Crippen molar-refractivity contribution in [3.63, 3.8) is 0 Å². The molecule has 0 aliphatic carbocycles. The van der Waals surface area contributed by atoms with Gasteiger partial charge in [0, 0.05) is 58.9 Å². The largest absolute Gasteiger partial charge is 0.256 e. The fourth-order valence-corrected chi connectivity index (χ4v) is 10.1. The summed E-state index contributed by atoms with van der Waals surface area (Å²) in [5.74, 6) is 0. The van der Waals surface area contributed by atoms with Gasteiger partial charge in [-0.05, 0) is 85.6 Å². The van der Waals surface area contributed by atoms with E-state index in [0.29, 0.717) is 0 Å². The summed E-state index contributed by atoms with van der Waals surface area (Å²) in [5.41, 5.74) is 9.06. The zero-order valence-corrected chi connectivity index (χ0v) is 30.4. The van der Waals surface area contributed by atoms with Crippen LogP contribution in [0.1, 0.15) is 0 Å². The van der Waals surface area contributed by atoms with E-state index < -0.39 is 0 Å². The minimum absolute atomic E-state index is 1.02. The molecule has 0 saturated heterocycles. The van der Waals surface area contributed by atoms with Crippen LogP contribution in [-0.4, -0.2) is 9.97 Å². The lowest BCUT2D eigenvalue weighted by Crippen LogP contribution is -1.90.